The number of carbonyl (C=O) groups excluding carboxylic acids is 1. The number of hydrogen-bond donors (Lipinski definition) is 2. The number of nitrogens with two attached hydrogens (primary N) is 1. The SMILES string of the molecule is CC(N)C1CCCCN1C(=O)C1CCc2cn[nH]c2C1.Cl. The predicted octanol–water partition coefficient (Wildman–Crippen LogP) is 1.66. The summed E-state index contributed by atoms with van der Waals surface area (Å²) in [6.45, 7) is 2.89. The molecule has 118 valence electrons. The van der Waals surface area contributed by atoms with Gasteiger partial charge >= 0.3 is 0 Å². The van der Waals surface area contributed by atoms with Crippen molar-refractivity contribution in [1.82, 2.24) is 15.1 Å². The van der Waals surface area contributed by atoms with Crippen LogP contribution in [0.1, 0.15) is 43.9 Å². The van der Waals surface area contributed by atoms with Crippen molar-refractivity contribution >= 4 is 18.3 Å². The van der Waals surface area contributed by atoms with Crippen LogP contribution in [0.15, 0.2) is 6.20 Å². The second-order valence-corrected chi connectivity index (χ2v) is 6.27. The lowest BCUT2D eigenvalue weighted by Gasteiger charge is -2.40. The number of nitrogens with zero attached hydrogens (tertiary/aromatic N) is 2. The van der Waals surface area contributed by atoms with Gasteiger partial charge in [-0.1, -0.05) is 0 Å². The first-order chi connectivity index (χ1) is 9.66. The van der Waals surface area contributed by atoms with Gasteiger partial charge in [0.2, 0.25) is 5.91 Å². The zero-order valence-corrected chi connectivity index (χ0v) is 13.4. The minimum absolute atomic E-state index is 0. The Kier molecular flexibility index (Phi) is 5.27. The van der Waals surface area contributed by atoms with E-state index in [9.17, 15) is 4.79 Å². The number of nitrogens with one attached hydrogen (secondary N) is 1. The molecule has 3 atom stereocenters. The van der Waals surface area contributed by atoms with E-state index in [4.69, 9.17) is 5.73 Å². The van der Waals surface area contributed by atoms with E-state index in [-0.39, 0.29) is 30.4 Å². The van der Waals surface area contributed by atoms with Crippen LogP contribution >= 0.6 is 12.4 Å². The van der Waals surface area contributed by atoms with Crippen LogP contribution in [0.4, 0.5) is 0 Å². The number of amides is 1. The van der Waals surface area contributed by atoms with Crippen LogP contribution in [-0.4, -0.2) is 39.6 Å². The number of aromatic nitrogens is 2. The summed E-state index contributed by atoms with van der Waals surface area (Å²) >= 11 is 0. The minimum atomic E-state index is 0. The van der Waals surface area contributed by atoms with Crippen LogP contribution in [0.2, 0.25) is 0 Å². The number of hydrogen-bond acceptors (Lipinski definition) is 3. The fourth-order valence-electron chi connectivity index (χ4n) is 3.63. The molecule has 0 aromatic carbocycles. The van der Waals surface area contributed by atoms with Gasteiger partial charge in [-0.2, -0.15) is 5.10 Å². The quantitative estimate of drug-likeness (QED) is 0.872. The predicted molar refractivity (Wildman–Crippen MR) is 84.4 cm³/mol. The number of aryl methyl sites for hydroxylation is 1. The van der Waals surface area contributed by atoms with Gasteiger partial charge in [0, 0.05) is 36.7 Å². The van der Waals surface area contributed by atoms with Crippen molar-refractivity contribution in [2.75, 3.05) is 6.54 Å². The van der Waals surface area contributed by atoms with Crippen molar-refractivity contribution in [3.8, 4) is 0 Å². The summed E-state index contributed by atoms with van der Waals surface area (Å²) in [5.74, 6) is 0.398. The Hall–Kier alpha value is -1.07. The van der Waals surface area contributed by atoms with Crippen molar-refractivity contribution in [2.45, 2.75) is 57.5 Å². The molecule has 2 heterocycles. The van der Waals surface area contributed by atoms with E-state index >= 15 is 0 Å². The molecule has 3 unspecified atom stereocenters. The number of aromatic amines is 1. The van der Waals surface area contributed by atoms with Gasteiger partial charge in [-0.25, -0.2) is 0 Å². The molecule has 1 aromatic heterocycles. The van der Waals surface area contributed by atoms with Gasteiger partial charge < -0.3 is 10.6 Å². The molecule has 0 radical (unpaired) electrons. The highest BCUT2D eigenvalue weighted by atomic mass is 35.5. The number of likely N-dealkylation sites (tertiary alicyclic amines) is 1. The van der Waals surface area contributed by atoms with E-state index in [1.54, 1.807) is 0 Å². The van der Waals surface area contributed by atoms with Gasteiger partial charge in [0.15, 0.2) is 0 Å². The number of H-pyrrole nitrogens is 1. The standard InChI is InChI=1S/C15H24N4O.ClH/c1-10(16)14-4-2-3-7-19(14)15(20)11-5-6-12-9-17-18-13(12)8-11;/h9-11,14H,2-8,16H2,1H3,(H,17,18);1H. The minimum Gasteiger partial charge on any atom is -0.338 e. The summed E-state index contributed by atoms with van der Waals surface area (Å²) in [5, 5.41) is 7.12. The maximum Gasteiger partial charge on any atom is 0.226 e. The molecule has 0 bridgehead atoms. The summed E-state index contributed by atoms with van der Waals surface area (Å²) < 4.78 is 0. The Balaban J connectivity index is 0.00000161. The Bertz CT molecular complexity index is 488. The molecular weight excluding hydrogens is 288 g/mol. The molecule has 5 nitrogen and oxygen atoms in total. The summed E-state index contributed by atoms with van der Waals surface area (Å²) in [4.78, 5) is 14.9. The van der Waals surface area contributed by atoms with Crippen molar-refractivity contribution in [2.24, 2.45) is 11.7 Å². The average Bonchev–Trinajstić information content (AvgIpc) is 2.93. The molecule has 3 rings (SSSR count). The van der Waals surface area contributed by atoms with E-state index in [2.05, 4.69) is 15.1 Å². The van der Waals surface area contributed by atoms with Crippen LogP contribution in [-0.2, 0) is 17.6 Å². The molecule has 1 aliphatic heterocycles. The highest BCUT2D eigenvalue weighted by Crippen LogP contribution is 2.28. The van der Waals surface area contributed by atoms with Crippen LogP contribution in [0, 0.1) is 5.92 Å². The Labute approximate surface area is 132 Å². The molecule has 2 aliphatic rings. The fourth-order valence-corrected chi connectivity index (χ4v) is 3.63. The molecule has 1 aromatic rings. The van der Waals surface area contributed by atoms with Crippen molar-refractivity contribution in [1.29, 1.82) is 0 Å². The first-order valence-electron chi connectivity index (χ1n) is 7.74. The van der Waals surface area contributed by atoms with Gasteiger partial charge in [-0.05, 0) is 44.6 Å². The second kappa shape index (κ2) is 6.79. The summed E-state index contributed by atoms with van der Waals surface area (Å²) in [5.41, 5.74) is 8.49. The second-order valence-electron chi connectivity index (χ2n) is 6.27. The number of halogens is 1. The molecule has 1 amide bonds. The third-order valence-corrected chi connectivity index (χ3v) is 4.81. The molecule has 0 spiro atoms. The Morgan fingerprint density at radius 3 is 3.05 bits per heavy atom. The first kappa shape index (κ1) is 16.3. The van der Waals surface area contributed by atoms with Gasteiger partial charge in [-0.3, -0.25) is 9.89 Å². The first-order valence-corrected chi connectivity index (χ1v) is 7.74. The van der Waals surface area contributed by atoms with Crippen LogP contribution in [0.25, 0.3) is 0 Å². The van der Waals surface area contributed by atoms with E-state index in [0.717, 1.165) is 44.3 Å². The highest BCUT2D eigenvalue weighted by molar-refractivity contribution is 5.85. The van der Waals surface area contributed by atoms with E-state index in [1.807, 2.05) is 13.1 Å². The zero-order valence-electron chi connectivity index (χ0n) is 12.5. The highest BCUT2D eigenvalue weighted by Gasteiger charge is 2.35. The lowest BCUT2D eigenvalue weighted by atomic mass is 9.85. The lowest BCUT2D eigenvalue weighted by Crippen LogP contribution is -2.53. The topological polar surface area (TPSA) is 75.0 Å². The lowest BCUT2D eigenvalue weighted by molar-refractivity contribution is -0.140. The molecule has 1 fully saturated rings. The van der Waals surface area contributed by atoms with Crippen molar-refractivity contribution in [3.63, 3.8) is 0 Å². The number of carbonyl (C=O) groups is 1. The monoisotopic (exact) mass is 312 g/mol. The number of rotatable bonds is 2. The normalized spacial score (nSPS) is 26.7. The molecular formula is C15H25ClN4O. The maximum atomic E-state index is 12.8. The average molecular weight is 313 g/mol. The molecule has 6 heteroatoms. The largest absolute Gasteiger partial charge is 0.338 e. The van der Waals surface area contributed by atoms with Crippen molar-refractivity contribution in [3.05, 3.63) is 17.5 Å². The van der Waals surface area contributed by atoms with E-state index < -0.39 is 0 Å². The van der Waals surface area contributed by atoms with Gasteiger partial charge in [0.25, 0.3) is 0 Å². The molecule has 1 saturated heterocycles. The van der Waals surface area contributed by atoms with Crippen molar-refractivity contribution < 1.29 is 4.79 Å². The molecule has 0 saturated carbocycles. The van der Waals surface area contributed by atoms with Crippen LogP contribution < -0.4 is 5.73 Å². The van der Waals surface area contributed by atoms with E-state index in [0.29, 0.717) is 5.91 Å². The fraction of sp³-hybridized carbons (Fsp3) is 0.733. The van der Waals surface area contributed by atoms with Crippen LogP contribution in [0.3, 0.4) is 0 Å². The molecule has 1 aliphatic carbocycles. The van der Waals surface area contributed by atoms with Gasteiger partial charge in [0.1, 0.15) is 0 Å². The molecule has 3 N–H and O–H groups in total. The third-order valence-electron chi connectivity index (χ3n) is 4.81. The maximum absolute atomic E-state index is 12.8. The van der Waals surface area contributed by atoms with E-state index in [1.165, 1.54) is 12.0 Å². The Morgan fingerprint density at radius 2 is 2.29 bits per heavy atom. The summed E-state index contributed by atoms with van der Waals surface area (Å²) in [7, 11) is 0. The summed E-state index contributed by atoms with van der Waals surface area (Å²) in [6, 6.07) is 0.282. The zero-order chi connectivity index (χ0) is 14.1. The van der Waals surface area contributed by atoms with Gasteiger partial charge in [0.05, 0.1) is 6.20 Å². The van der Waals surface area contributed by atoms with Crippen LogP contribution in [0.5, 0.6) is 0 Å². The Morgan fingerprint density at radius 1 is 1.48 bits per heavy atom. The number of fused-ring (bicyclic) bond motifs is 1. The smallest absolute Gasteiger partial charge is 0.226 e. The summed E-state index contributed by atoms with van der Waals surface area (Å²) in [6.07, 6.45) is 7.93. The molecule has 21 heavy (non-hydrogen) atoms. The van der Waals surface area contributed by atoms with Gasteiger partial charge in [-0.15, -0.1) is 12.4 Å². The number of piperidine rings is 1. The third kappa shape index (κ3) is 3.24.